The zero-order valence-corrected chi connectivity index (χ0v) is 21.6. The standard InChI is InChI=1S/C28H27N5O3S/c1-28(2,3)22-15-13-20(14-16-22)25-31-32-27(33(25)23-7-5-4-6-8-23)37-18-24(34)30-29-17-19-9-11-21(12-10-19)26(35)36/h4-17H,18H2,1-3H3,(H,30,34)(H,35,36). The lowest BCUT2D eigenvalue weighted by atomic mass is 9.87. The number of carbonyl (C=O) groups is 2. The molecule has 2 N–H and O–H groups in total. The van der Waals surface area contributed by atoms with Crippen LogP contribution in [0.15, 0.2) is 89.1 Å². The summed E-state index contributed by atoms with van der Waals surface area (Å²) in [5, 5.41) is 22.3. The van der Waals surface area contributed by atoms with Crippen molar-refractivity contribution in [2.75, 3.05) is 5.75 Å². The van der Waals surface area contributed by atoms with Crippen molar-refractivity contribution in [2.45, 2.75) is 31.3 Å². The molecular formula is C28H27N5O3S. The molecule has 0 saturated heterocycles. The average Bonchev–Trinajstić information content (AvgIpc) is 3.32. The van der Waals surface area contributed by atoms with Gasteiger partial charge in [-0.25, -0.2) is 10.2 Å². The molecule has 37 heavy (non-hydrogen) atoms. The topological polar surface area (TPSA) is 109 Å². The third-order valence-corrected chi connectivity index (χ3v) is 6.48. The van der Waals surface area contributed by atoms with Gasteiger partial charge in [-0.15, -0.1) is 10.2 Å². The summed E-state index contributed by atoms with van der Waals surface area (Å²) in [4.78, 5) is 23.4. The lowest BCUT2D eigenvalue weighted by Gasteiger charge is -2.19. The van der Waals surface area contributed by atoms with Gasteiger partial charge in [-0.2, -0.15) is 5.10 Å². The number of nitrogens with zero attached hydrogens (tertiary/aromatic N) is 4. The first-order chi connectivity index (χ1) is 17.7. The number of nitrogens with one attached hydrogen (secondary N) is 1. The number of hydrogen-bond acceptors (Lipinski definition) is 6. The molecule has 0 atom stereocenters. The van der Waals surface area contributed by atoms with Crippen LogP contribution in [0.1, 0.15) is 42.3 Å². The van der Waals surface area contributed by atoms with Crippen molar-refractivity contribution in [1.29, 1.82) is 0 Å². The summed E-state index contributed by atoms with van der Waals surface area (Å²) in [5.41, 5.74) is 6.45. The molecule has 0 bridgehead atoms. The molecule has 4 aromatic rings. The second-order valence-corrected chi connectivity index (χ2v) is 10.3. The van der Waals surface area contributed by atoms with Gasteiger partial charge in [-0.05, 0) is 40.8 Å². The molecule has 1 heterocycles. The molecule has 8 nitrogen and oxygen atoms in total. The maximum atomic E-state index is 12.4. The van der Waals surface area contributed by atoms with Gasteiger partial charge in [-0.3, -0.25) is 9.36 Å². The maximum Gasteiger partial charge on any atom is 0.335 e. The van der Waals surface area contributed by atoms with E-state index in [2.05, 4.69) is 53.6 Å². The van der Waals surface area contributed by atoms with Gasteiger partial charge < -0.3 is 5.11 Å². The molecule has 0 saturated carbocycles. The van der Waals surface area contributed by atoms with Gasteiger partial charge in [0.2, 0.25) is 0 Å². The Hall–Kier alpha value is -4.24. The Kier molecular flexibility index (Phi) is 7.83. The van der Waals surface area contributed by atoms with Crippen LogP contribution in [-0.2, 0) is 10.2 Å². The van der Waals surface area contributed by atoms with Crippen LogP contribution in [0.25, 0.3) is 17.1 Å². The summed E-state index contributed by atoms with van der Waals surface area (Å²) in [6.07, 6.45) is 1.46. The van der Waals surface area contributed by atoms with Gasteiger partial charge in [0, 0.05) is 11.3 Å². The van der Waals surface area contributed by atoms with Crippen molar-refractivity contribution in [3.63, 3.8) is 0 Å². The molecule has 188 valence electrons. The highest BCUT2D eigenvalue weighted by molar-refractivity contribution is 7.99. The predicted molar refractivity (Wildman–Crippen MR) is 145 cm³/mol. The first-order valence-corrected chi connectivity index (χ1v) is 12.6. The lowest BCUT2D eigenvalue weighted by molar-refractivity contribution is -0.118. The Balaban J connectivity index is 1.48. The molecule has 0 radical (unpaired) electrons. The van der Waals surface area contributed by atoms with Crippen LogP contribution in [0.3, 0.4) is 0 Å². The minimum Gasteiger partial charge on any atom is -0.478 e. The van der Waals surface area contributed by atoms with Gasteiger partial charge in [-0.1, -0.05) is 87.1 Å². The third kappa shape index (κ3) is 6.50. The van der Waals surface area contributed by atoms with Crippen LogP contribution >= 0.6 is 11.8 Å². The number of thioether (sulfide) groups is 1. The van der Waals surface area contributed by atoms with Gasteiger partial charge >= 0.3 is 5.97 Å². The zero-order valence-electron chi connectivity index (χ0n) is 20.8. The number of aromatic nitrogens is 3. The highest BCUT2D eigenvalue weighted by atomic mass is 32.2. The van der Waals surface area contributed by atoms with Crippen LogP contribution in [0.2, 0.25) is 0 Å². The highest BCUT2D eigenvalue weighted by Crippen LogP contribution is 2.30. The number of amides is 1. The lowest BCUT2D eigenvalue weighted by Crippen LogP contribution is -2.20. The minimum atomic E-state index is -0.998. The Bertz CT molecular complexity index is 1410. The van der Waals surface area contributed by atoms with Crippen molar-refractivity contribution < 1.29 is 14.7 Å². The van der Waals surface area contributed by atoms with Crippen molar-refractivity contribution in [2.24, 2.45) is 5.10 Å². The first-order valence-electron chi connectivity index (χ1n) is 11.6. The number of hydrazone groups is 1. The molecule has 0 aliphatic heterocycles. The van der Waals surface area contributed by atoms with Crippen molar-refractivity contribution in [3.05, 3.63) is 95.6 Å². The van der Waals surface area contributed by atoms with Crippen molar-refractivity contribution >= 4 is 29.9 Å². The van der Waals surface area contributed by atoms with Gasteiger partial charge in [0.25, 0.3) is 5.91 Å². The molecule has 3 aromatic carbocycles. The molecule has 9 heteroatoms. The molecule has 4 rings (SSSR count). The fourth-order valence-corrected chi connectivity index (χ4v) is 4.28. The number of benzene rings is 3. The van der Waals surface area contributed by atoms with Crippen LogP contribution in [-0.4, -0.2) is 43.7 Å². The second kappa shape index (κ2) is 11.2. The number of rotatable bonds is 8. The fourth-order valence-electron chi connectivity index (χ4n) is 3.53. The van der Waals surface area contributed by atoms with E-state index in [0.717, 1.165) is 11.3 Å². The normalized spacial score (nSPS) is 11.5. The zero-order chi connectivity index (χ0) is 26.4. The number of carbonyl (C=O) groups excluding carboxylic acids is 1. The average molecular weight is 514 g/mol. The molecule has 0 aliphatic carbocycles. The van der Waals surface area contributed by atoms with Crippen LogP contribution in [0.4, 0.5) is 0 Å². The van der Waals surface area contributed by atoms with Gasteiger partial charge in [0.05, 0.1) is 17.5 Å². The quantitative estimate of drug-likeness (QED) is 0.191. The van der Waals surface area contributed by atoms with E-state index >= 15 is 0 Å². The van der Waals surface area contributed by atoms with Crippen LogP contribution < -0.4 is 5.43 Å². The van der Waals surface area contributed by atoms with E-state index in [-0.39, 0.29) is 22.6 Å². The molecular weight excluding hydrogens is 486 g/mol. The maximum absolute atomic E-state index is 12.4. The van der Waals surface area contributed by atoms with Crippen LogP contribution in [0, 0.1) is 0 Å². The largest absolute Gasteiger partial charge is 0.478 e. The summed E-state index contributed by atoms with van der Waals surface area (Å²) in [6.45, 7) is 6.52. The number of carboxylic acids is 1. The molecule has 0 aliphatic rings. The van der Waals surface area contributed by atoms with Crippen LogP contribution in [0.5, 0.6) is 0 Å². The Morgan fingerprint density at radius 2 is 1.65 bits per heavy atom. The summed E-state index contributed by atoms with van der Waals surface area (Å²) in [6, 6.07) is 24.3. The summed E-state index contributed by atoms with van der Waals surface area (Å²) in [7, 11) is 0. The van der Waals surface area contributed by atoms with Gasteiger partial charge in [0.1, 0.15) is 0 Å². The minimum absolute atomic E-state index is 0.0460. The molecule has 0 unspecified atom stereocenters. The van der Waals surface area contributed by atoms with E-state index in [1.165, 1.54) is 35.7 Å². The monoisotopic (exact) mass is 513 g/mol. The van der Waals surface area contributed by atoms with Crippen molar-refractivity contribution in [3.8, 4) is 17.1 Å². The molecule has 1 aromatic heterocycles. The van der Waals surface area contributed by atoms with E-state index in [0.29, 0.717) is 16.5 Å². The van der Waals surface area contributed by atoms with E-state index in [1.54, 1.807) is 12.1 Å². The predicted octanol–water partition coefficient (Wildman–Crippen LogP) is 5.17. The number of hydrogen-bond donors (Lipinski definition) is 2. The summed E-state index contributed by atoms with van der Waals surface area (Å²) in [5.74, 6) is -0.523. The molecule has 0 fully saturated rings. The first kappa shape index (κ1) is 25.8. The van der Waals surface area contributed by atoms with E-state index in [1.807, 2.05) is 47.0 Å². The highest BCUT2D eigenvalue weighted by Gasteiger charge is 2.19. The number of aromatic carboxylic acids is 1. The second-order valence-electron chi connectivity index (χ2n) is 9.31. The SMILES string of the molecule is CC(C)(C)c1ccc(-c2nnc(SCC(=O)NN=Cc3ccc(C(=O)O)cc3)n2-c2ccccc2)cc1. The fraction of sp³-hybridized carbons (Fsp3) is 0.179. The Morgan fingerprint density at radius 1 is 0.973 bits per heavy atom. The number of para-hydroxylation sites is 1. The Morgan fingerprint density at radius 3 is 2.27 bits per heavy atom. The molecule has 0 spiro atoms. The summed E-state index contributed by atoms with van der Waals surface area (Å²) >= 11 is 1.26. The number of carboxylic acid groups (broad SMARTS) is 1. The summed E-state index contributed by atoms with van der Waals surface area (Å²) < 4.78 is 1.94. The van der Waals surface area contributed by atoms with Gasteiger partial charge in [0.15, 0.2) is 11.0 Å². The van der Waals surface area contributed by atoms with E-state index < -0.39 is 5.97 Å². The van der Waals surface area contributed by atoms with Crippen molar-refractivity contribution in [1.82, 2.24) is 20.2 Å². The van der Waals surface area contributed by atoms with E-state index in [4.69, 9.17) is 5.11 Å². The smallest absolute Gasteiger partial charge is 0.335 e. The Labute approximate surface area is 219 Å². The third-order valence-electron chi connectivity index (χ3n) is 5.55. The van der Waals surface area contributed by atoms with E-state index in [9.17, 15) is 9.59 Å². The molecule has 1 amide bonds.